The van der Waals surface area contributed by atoms with E-state index in [1.54, 1.807) is 4.90 Å². The van der Waals surface area contributed by atoms with Crippen molar-refractivity contribution >= 4 is 5.91 Å². The van der Waals surface area contributed by atoms with Crippen molar-refractivity contribution in [2.75, 3.05) is 26.7 Å². The van der Waals surface area contributed by atoms with Crippen molar-refractivity contribution in [2.24, 2.45) is 5.92 Å². The second-order valence-corrected chi connectivity index (χ2v) is 5.53. The number of likely N-dealkylation sites (N-methyl/N-ethyl adjacent to an activating group) is 1. The average Bonchev–Trinajstić information content (AvgIpc) is 2.98. The highest BCUT2D eigenvalue weighted by atomic mass is 16.3. The maximum absolute atomic E-state index is 12.2. The van der Waals surface area contributed by atoms with Crippen molar-refractivity contribution < 1.29 is 9.90 Å². The van der Waals surface area contributed by atoms with Crippen molar-refractivity contribution in [1.82, 2.24) is 9.80 Å². The Morgan fingerprint density at radius 3 is 3.00 bits per heavy atom. The summed E-state index contributed by atoms with van der Waals surface area (Å²) in [4.78, 5) is 16.1. The molecule has 1 saturated heterocycles. The molecule has 4 nitrogen and oxygen atoms in total. The molecule has 102 valence electrons. The lowest BCUT2D eigenvalue weighted by atomic mass is 10.0. The lowest BCUT2D eigenvalue weighted by Crippen LogP contribution is -2.42. The summed E-state index contributed by atoms with van der Waals surface area (Å²) in [7, 11) is 1.87. The van der Waals surface area contributed by atoms with E-state index in [0.717, 1.165) is 37.9 Å². The number of aliphatic hydroxyl groups is 1. The maximum Gasteiger partial charge on any atom is 0.240 e. The van der Waals surface area contributed by atoms with Crippen LogP contribution in [0.4, 0.5) is 0 Å². The second-order valence-electron chi connectivity index (χ2n) is 5.53. The minimum absolute atomic E-state index is 0.149. The summed E-state index contributed by atoms with van der Waals surface area (Å²) >= 11 is 0. The largest absolute Gasteiger partial charge is 0.395 e. The number of hydrogen-bond donors (Lipinski definition) is 1. The summed E-state index contributed by atoms with van der Waals surface area (Å²) in [5, 5.41) is 9.39. The highest BCUT2D eigenvalue weighted by molar-refractivity contribution is 5.79. The van der Waals surface area contributed by atoms with E-state index < -0.39 is 0 Å². The summed E-state index contributed by atoms with van der Waals surface area (Å²) in [6, 6.07) is 0.153. The molecule has 4 heteroatoms. The van der Waals surface area contributed by atoms with Crippen molar-refractivity contribution in [3.63, 3.8) is 0 Å². The molecular weight excluding hydrogens is 228 g/mol. The molecule has 1 amide bonds. The molecule has 1 fully saturated rings. The zero-order valence-electron chi connectivity index (χ0n) is 11.4. The fraction of sp³-hybridized carbons (Fsp3) is 0.786. The molecule has 0 aromatic heterocycles. The van der Waals surface area contributed by atoms with Crippen LogP contribution in [0.3, 0.4) is 0 Å². The van der Waals surface area contributed by atoms with Gasteiger partial charge in [0, 0.05) is 18.8 Å². The maximum atomic E-state index is 12.2. The Morgan fingerprint density at radius 1 is 1.61 bits per heavy atom. The minimum Gasteiger partial charge on any atom is -0.395 e. The first-order valence-corrected chi connectivity index (χ1v) is 6.94. The van der Waals surface area contributed by atoms with Crippen molar-refractivity contribution in [1.29, 1.82) is 0 Å². The molecule has 2 unspecified atom stereocenters. The topological polar surface area (TPSA) is 43.8 Å². The van der Waals surface area contributed by atoms with Gasteiger partial charge in [0.1, 0.15) is 0 Å². The highest BCUT2D eigenvalue weighted by Gasteiger charge is 2.32. The van der Waals surface area contributed by atoms with Crippen LogP contribution < -0.4 is 0 Å². The molecule has 1 aliphatic heterocycles. The number of amides is 1. The third-order valence-electron chi connectivity index (χ3n) is 4.34. The lowest BCUT2D eigenvalue weighted by molar-refractivity contribution is -0.129. The Kier molecular flexibility index (Phi) is 4.40. The van der Waals surface area contributed by atoms with Crippen LogP contribution in [0.5, 0.6) is 0 Å². The second kappa shape index (κ2) is 5.85. The summed E-state index contributed by atoms with van der Waals surface area (Å²) in [6.07, 6.45) is 6.50. The average molecular weight is 252 g/mol. The Labute approximate surface area is 109 Å². The van der Waals surface area contributed by atoms with Gasteiger partial charge in [-0.05, 0) is 38.1 Å². The standard InChI is InChI=1S/C14H24N2O2/c1-11-7-8-16(13(11)10-17)9-14(18)15(2)12-5-3-4-6-12/h5,11,13,17H,3-4,6-10H2,1-2H3. The zero-order valence-corrected chi connectivity index (χ0v) is 11.4. The van der Waals surface area contributed by atoms with Gasteiger partial charge in [-0.1, -0.05) is 13.0 Å². The van der Waals surface area contributed by atoms with E-state index in [-0.39, 0.29) is 18.6 Å². The van der Waals surface area contributed by atoms with Crippen LogP contribution in [0.15, 0.2) is 11.8 Å². The van der Waals surface area contributed by atoms with Gasteiger partial charge in [0.15, 0.2) is 0 Å². The first-order valence-electron chi connectivity index (χ1n) is 6.94. The Bertz CT molecular complexity index is 341. The fourth-order valence-corrected chi connectivity index (χ4v) is 2.98. The first kappa shape index (κ1) is 13.6. The van der Waals surface area contributed by atoms with Crippen LogP contribution in [-0.2, 0) is 4.79 Å². The third kappa shape index (κ3) is 2.75. The van der Waals surface area contributed by atoms with Crippen LogP contribution >= 0.6 is 0 Å². The van der Waals surface area contributed by atoms with E-state index in [2.05, 4.69) is 17.9 Å². The summed E-state index contributed by atoms with van der Waals surface area (Å²) < 4.78 is 0. The lowest BCUT2D eigenvalue weighted by Gasteiger charge is -2.27. The van der Waals surface area contributed by atoms with E-state index in [0.29, 0.717) is 12.5 Å². The molecule has 0 aromatic carbocycles. The van der Waals surface area contributed by atoms with Gasteiger partial charge in [-0.3, -0.25) is 9.69 Å². The molecule has 2 atom stereocenters. The molecule has 1 aliphatic carbocycles. The van der Waals surface area contributed by atoms with E-state index in [9.17, 15) is 9.90 Å². The van der Waals surface area contributed by atoms with Crippen LogP contribution in [0.1, 0.15) is 32.6 Å². The number of carbonyl (C=O) groups excluding carboxylic acids is 1. The van der Waals surface area contributed by atoms with Crippen molar-refractivity contribution in [3.05, 3.63) is 11.8 Å². The number of allylic oxidation sites excluding steroid dienone is 2. The Balaban J connectivity index is 1.90. The molecule has 0 radical (unpaired) electrons. The van der Waals surface area contributed by atoms with E-state index in [4.69, 9.17) is 0 Å². The van der Waals surface area contributed by atoms with E-state index >= 15 is 0 Å². The predicted octanol–water partition coefficient (Wildman–Crippen LogP) is 1.22. The Morgan fingerprint density at radius 2 is 2.39 bits per heavy atom. The van der Waals surface area contributed by atoms with Crippen LogP contribution in [0.2, 0.25) is 0 Å². The molecule has 0 spiro atoms. The van der Waals surface area contributed by atoms with Gasteiger partial charge >= 0.3 is 0 Å². The molecule has 1 N–H and O–H groups in total. The molecule has 2 rings (SSSR count). The van der Waals surface area contributed by atoms with Gasteiger partial charge in [-0.15, -0.1) is 0 Å². The molecule has 2 aliphatic rings. The van der Waals surface area contributed by atoms with E-state index in [1.807, 2.05) is 7.05 Å². The monoisotopic (exact) mass is 252 g/mol. The number of aliphatic hydroxyl groups excluding tert-OH is 1. The molecule has 1 heterocycles. The summed E-state index contributed by atoms with van der Waals surface area (Å²) in [5.74, 6) is 0.634. The van der Waals surface area contributed by atoms with Gasteiger partial charge < -0.3 is 10.0 Å². The van der Waals surface area contributed by atoms with E-state index in [1.165, 1.54) is 0 Å². The van der Waals surface area contributed by atoms with Crippen LogP contribution in [0.25, 0.3) is 0 Å². The predicted molar refractivity (Wildman–Crippen MR) is 70.9 cm³/mol. The van der Waals surface area contributed by atoms with Crippen molar-refractivity contribution in [3.8, 4) is 0 Å². The van der Waals surface area contributed by atoms with Gasteiger partial charge in [0.25, 0.3) is 0 Å². The summed E-state index contributed by atoms with van der Waals surface area (Å²) in [6.45, 7) is 3.66. The SMILES string of the molecule is CC1CCN(CC(=O)N(C)C2=CCCC2)C1CO. The highest BCUT2D eigenvalue weighted by Crippen LogP contribution is 2.24. The van der Waals surface area contributed by atoms with Crippen LogP contribution in [0, 0.1) is 5.92 Å². The normalized spacial score (nSPS) is 28.5. The molecule has 0 bridgehead atoms. The van der Waals surface area contributed by atoms with Gasteiger partial charge in [-0.25, -0.2) is 0 Å². The number of carbonyl (C=O) groups is 1. The molecule has 0 aromatic rings. The third-order valence-corrected chi connectivity index (χ3v) is 4.34. The van der Waals surface area contributed by atoms with Gasteiger partial charge in [0.2, 0.25) is 5.91 Å². The van der Waals surface area contributed by atoms with Gasteiger partial charge in [-0.2, -0.15) is 0 Å². The van der Waals surface area contributed by atoms with Crippen molar-refractivity contribution in [2.45, 2.75) is 38.6 Å². The Hall–Kier alpha value is -0.870. The zero-order chi connectivity index (χ0) is 13.1. The fourth-order valence-electron chi connectivity index (χ4n) is 2.98. The number of hydrogen-bond acceptors (Lipinski definition) is 3. The number of nitrogens with zero attached hydrogens (tertiary/aromatic N) is 2. The van der Waals surface area contributed by atoms with Crippen LogP contribution in [-0.4, -0.2) is 53.6 Å². The molecular formula is C14H24N2O2. The summed E-state index contributed by atoms with van der Waals surface area (Å²) in [5.41, 5.74) is 1.16. The quantitative estimate of drug-likeness (QED) is 0.818. The molecule has 0 saturated carbocycles. The van der Waals surface area contributed by atoms with Gasteiger partial charge in [0.05, 0.1) is 13.2 Å². The first-order chi connectivity index (χ1) is 8.63. The minimum atomic E-state index is 0.149. The molecule has 18 heavy (non-hydrogen) atoms. The smallest absolute Gasteiger partial charge is 0.240 e. The number of rotatable bonds is 4. The number of likely N-dealkylation sites (tertiary alicyclic amines) is 1.